The molecule has 1 heterocycles. The summed E-state index contributed by atoms with van der Waals surface area (Å²) in [5, 5.41) is 8.11. The maximum Gasteiger partial charge on any atom is 0.0839 e. The number of rotatable bonds is 5. The first kappa shape index (κ1) is 13.5. The number of benzene rings is 1. The third-order valence-electron chi connectivity index (χ3n) is 2.84. The number of nitrogens with zero attached hydrogens (tertiary/aromatic N) is 2. The Balaban J connectivity index is 2.33. The maximum atomic E-state index is 4.53. The lowest BCUT2D eigenvalue weighted by Gasteiger charge is -2.18. The van der Waals surface area contributed by atoms with E-state index in [0.29, 0.717) is 0 Å². The standard InChI is InChI=1S/C14H18IN3/c1-3-9-16-14(13-8-10-18(2)17-13)11-6-4-5-7-12(11)15/h4-8,10,14,16H,3,9H2,1-2H3. The first-order valence-electron chi connectivity index (χ1n) is 6.19. The highest BCUT2D eigenvalue weighted by molar-refractivity contribution is 14.1. The van der Waals surface area contributed by atoms with E-state index >= 15 is 0 Å². The lowest BCUT2D eigenvalue weighted by atomic mass is 10.0. The van der Waals surface area contributed by atoms with Crippen LogP contribution in [0.3, 0.4) is 0 Å². The molecule has 1 N–H and O–H groups in total. The van der Waals surface area contributed by atoms with Gasteiger partial charge >= 0.3 is 0 Å². The normalized spacial score (nSPS) is 12.6. The van der Waals surface area contributed by atoms with Crippen molar-refractivity contribution in [3.05, 3.63) is 51.4 Å². The van der Waals surface area contributed by atoms with Gasteiger partial charge in [0.15, 0.2) is 0 Å². The van der Waals surface area contributed by atoms with E-state index in [-0.39, 0.29) is 6.04 Å². The molecule has 1 atom stereocenters. The molecule has 0 aliphatic carbocycles. The van der Waals surface area contributed by atoms with Crippen molar-refractivity contribution < 1.29 is 0 Å². The Morgan fingerprint density at radius 1 is 1.33 bits per heavy atom. The van der Waals surface area contributed by atoms with Gasteiger partial charge in [0.25, 0.3) is 0 Å². The van der Waals surface area contributed by atoms with Gasteiger partial charge in [-0.1, -0.05) is 25.1 Å². The highest BCUT2D eigenvalue weighted by Gasteiger charge is 2.17. The van der Waals surface area contributed by atoms with E-state index in [2.05, 4.69) is 70.3 Å². The molecule has 0 aliphatic rings. The number of aromatic nitrogens is 2. The van der Waals surface area contributed by atoms with Crippen LogP contribution in [0.4, 0.5) is 0 Å². The average molecular weight is 355 g/mol. The van der Waals surface area contributed by atoms with Gasteiger partial charge in [0.1, 0.15) is 0 Å². The second-order valence-electron chi connectivity index (χ2n) is 4.32. The molecule has 1 aromatic heterocycles. The predicted molar refractivity (Wildman–Crippen MR) is 82.5 cm³/mol. The minimum atomic E-state index is 0.180. The van der Waals surface area contributed by atoms with Crippen LogP contribution >= 0.6 is 22.6 Å². The molecule has 18 heavy (non-hydrogen) atoms. The van der Waals surface area contributed by atoms with Crippen molar-refractivity contribution in [1.82, 2.24) is 15.1 Å². The number of hydrogen-bond donors (Lipinski definition) is 1. The van der Waals surface area contributed by atoms with Crippen LogP contribution in [0.15, 0.2) is 36.5 Å². The summed E-state index contributed by atoms with van der Waals surface area (Å²) in [7, 11) is 1.95. The lowest BCUT2D eigenvalue weighted by molar-refractivity contribution is 0.574. The number of halogens is 1. The number of nitrogens with one attached hydrogen (secondary N) is 1. The molecule has 2 rings (SSSR count). The van der Waals surface area contributed by atoms with Gasteiger partial charge in [0.05, 0.1) is 11.7 Å². The Bertz CT molecular complexity index is 507. The van der Waals surface area contributed by atoms with E-state index in [0.717, 1.165) is 18.7 Å². The summed E-state index contributed by atoms with van der Waals surface area (Å²) >= 11 is 2.39. The van der Waals surface area contributed by atoms with Gasteiger partial charge in [-0.05, 0) is 53.3 Å². The quantitative estimate of drug-likeness (QED) is 0.836. The molecule has 2 aromatic rings. The van der Waals surface area contributed by atoms with E-state index in [1.54, 1.807) is 0 Å². The second-order valence-corrected chi connectivity index (χ2v) is 5.49. The molecule has 4 heteroatoms. The van der Waals surface area contributed by atoms with Crippen molar-refractivity contribution in [2.75, 3.05) is 6.54 Å². The van der Waals surface area contributed by atoms with Crippen molar-refractivity contribution in [2.45, 2.75) is 19.4 Å². The van der Waals surface area contributed by atoms with Gasteiger partial charge in [-0.3, -0.25) is 4.68 Å². The monoisotopic (exact) mass is 355 g/mol. The smallest absolute Gasteiger partial charge is 0.0839 e. The van der Waals surface area contributed by atoms with Crippen molar-refractivity contribution >= 4 is 22.6 Å². The van der Waals surface area contributed by atoms with Crippen molar-refractivity contribution in [3.8, 4) is 0 Å². The fraction of sp³-hybridized carbons (Fsp3) is 0.357. The van der Waals surface area contributed by atoms with E-state index in [1.807, 2.05) is 17.9 Å². The van der Waals surface area contributed by atoms with Crippen molar-refractivity contribution in [3.63, 3.8) is 0 Å². The Hall–Kier alpha value is -0.880. The van der Waals surface area contributed by atoms with Crippen LogP contribution < -0.4 is 5.32 Å². The second kappa shape index (κ2) is 6.33. The Labute approximate surface area is 122 Å². The molecular formula is C14H18IN3. The van der Waals surface area contributed by atoms with Crippen LogP contribution in [-0.4, -0.2) is 16.3 Å². The molecule has 0 saturated heterocycles. The third-order valence-corrected chi connectivity index (χ3v) is 3.83. The Morgan fingerprint density at radius 2 is 2.11 bits per heavy atom. The van der Waals surface area contributed by atoms with Crippen LogP contribution in [0.1, 0.15) is 30.6 Å². The highest BCUT2D eigenvalue weighted by Crippen LogP contribution is 2.25. The number of hydrogen-bond acceptors (Lipinski definition) is 2. The molecule has 0 radical (unpaired) electrons. The minimum Gasteiger partial charge on any atom is -0.305 e. The van der Waals surface area contributed by atoms with E-state index in [4.69, 9.17) is 0 Å². The van der Waals surface area contributed by atoms with Gasteiger partial charge in [0, 0.05) is 16.8 Å². The van der Waals surface area contributed by atoms with Crippen LogP contribution in [0.25, 0.3) is 0 Å². The summed E-state index contributed by atoms with van der Waals surface area (Å²) in [6.45, 7) is 3.17. The fourth-order valence-corrected chi connectivity index (χ4v) is 2.66. The van der Waals surface area contributed by atoms with E-state index < -0.39 is 0 Å². The van der Waals surface area contributed by atoms with Gasteiger partial charge in [0.2, 0.25) is 0 Å². The van der Waals surface area contributed by atoms with Crippen LogP contribution in [0.2, 0.25) is 0 Å². The summed E-state index contributed by atoms with van der Waals surface area (Å²) in [5.41, 5.74) is 2.38. The SMILES string of the molecule is CCCNC(c1ccn(C)n1)c1ccccc1I. The first-order valence-corrected chi connectivity index (χ1v) is 7.27. The van der Waals surface area contributed by atoms with Crippen LogP contribution in [0, 0.1) is 3.57 Å². The summed E-state index contributed by atoms with van der Waals surface area (Å²) in [5.74, 6) is 0. The molecule has 1 unspecified atom stereocenters. The number of aryl methyl sites for hydroxylation is 1. The predicted octanol–water partition coefficient (Wildman–Crippen LogP) is 3.11. The first-order chi connectivity index (χ1) is 8.72. The molecule has 96 valence electrons. The molecule has 0 spiro atoms. The minimum absolute atomic E-state index is 0.180. The molecule has 0 aliphatic heterocycles. The van der Waals surface area contributed by atoms with Gasteiger partial charge in [-0.25, -0.2) is 0 Å². The third kappa shape index (κ3) is 3.11. The highest BCUT2D eigenvalue weighted by atomic mass is 127. The largest absolute Gasteiger partial charge is 0.305 e. The zero-order chi connectivity index (χ0) is 13.0. The Kier molecular flexibility index (Phi) is 4.77. The van der Waals surface area contributed by atoms with Gasteiger partial charge in [-0.2, -0.15) is 5.10 Å². The molecule has 0 bridgehead atoms. The van der Waals surface area contributed by atoms with Gasteiger partial charge < -0.3 is 5.32 Å². The van der Waals surface area contributed by atoms with Crippen LogP contribution in [0.5, 0.6) is 0 Å². The van der Waals surface area contributed by atoms with Crippen molar-refractivity contribution in [1.29, 1.82) is 0 Å². The molecule has 3 nitrogen and oxygen atoms in total. The fourth-order valence-electron chi connectivity index (χ4n) is 1.96. The molecule has 0 amide bonds. The van der Waals surface area contributed by atoms with E-state index in [1.165, 1.54) is 9.13 Å². The molecule has 1 aromatic carbocycles. The lowest BCUT2D eigenvalue weighted by Crippen LogP contribution is -2.24. The van der Waals surface area contributed by atoms with Crippen LogP contribution in [-0.2, 0) is 7.05 Å². The molecular weight excluding hydrogens is 337 g/mol. The molecule has 0 fully saturated rings. The topological polar surface area (TPSA) is 29.9 Å². The summed E-state index contributed by atoms with van der Waals surface area (Å²) in [6, 6.07) is 10.7. The average Bonchev–Trinajstić information content (AvgIpc) is 2.78. The summed E-state index contributed by atoms with van der Waals surface area (Å²) in [6.07, 6.45) is 3.11. The summed E-state index contributed by atoms with van der Waals surface area (Å²) < 4.78 is 3.13. The zero-order valence-electron chi connectivity index (χ0n) is 10.7. The molecule has 0 saturated carbocycles. The van der Waals surface area contributed by atoms with E-state index in [9.17, 15) is 0 Å². The van der Waals surface area contributed by atoms with Gasteiger partial charge in [-0.15, -0.1) is 0 Å². The maximum absolute atomic E-state index is 4.53. The summed E-state index contributed by atoms with van der Waals surface area (Å²) in [4.78, 5) is 0. The zero-order valence-corrected chi connectivity index (χ0v) is 12.9. The van der Waals surface area contributed by atoms with Crippen molar-refractivity contribution in [2.24, 2.45) is 7.05 Å². The Morgan fingerprint density at radius 3 is 2.72 bits per heavy atom.